The fourth-order valence-corrected chi connectivity index (χ4v) is 3.74. The summed E-state index contributed by atoms with van der Waals surface area (Å²) in [5.41, 5.74) is 5.23. The van der Waals surface area contributed by atoms with Gasteiger partial charge in [-0.3, -0.25) is 9.59 Å². The van der Waals surface area contributed by atoms with Gasteiger partial charge in [0, 0.05) is 27.3 Å². The minimum Gasteiger partial charge on any atom is -0.383 e. The number of methoxy groups -OCH3 is 2. The minimum atomic E-state index is -0.320. The van der Waals surface area contributed by atoms with Gasteiger partial charge in [0.15, 0.2) is 0 Å². The quantitative estimate of drug-likeness (QED) is 0.579. The second kappa shape index (κ2) is 9.90. The molecule has 0 N–H and O–H groups in total. The zero-order valence-electron chi connectivity index (χ0n) is 18.9. The fourth-order valence-electron chi connectivity index (χ4n) is 3.74. The molecule has 0 aliphatic carbocycles. The summed E-state index contributed by atoms with van der Waals surface area (Å²) in [5, 5.41) is 0. The number of ether oxygens (including phenoxy) is 2. The third-order valence-electron chi connectivity index (χ3n) is 5.66. The summed E-state index contributed by atoms with van der Waals surface area (Å²) in [6, 6.07) is 13.3. The molecular weight excluding hydrogens is 392 g/mol. The number of imide groups is 1. The molecule has 0 fully saturated rings. The normalized spacial score (nSPS) is 14.0. The third-order valence-corrected chi connectivity index (χ3v) is 5.66. The van der Waals surface area contributed by atoms with Crippen LogP contribution in [0.5, 0.6) is 0 Å². The Morgan fingerprint density at radius 3 is 2.03 bits per heavy atom. The monoisotopic (exact) mass is 422 g/mol. The van der Waals surface area contributed by atoms with Crippen LogP contribution < -0.4 is 4.90 Å². The second-order valence-corrected chi connectivity index (χ2v) is 7.73. The molecule has 2 aromatic carbocycles. The van der Waals surface area contributed by atoms with E-state index in [1.807, 2.05) is 62.1 Å². The van der Waals surface area contributed by atoms with Gasteiger partial charge >= 0.3 is 0 Å². The van der Waals surface area contributed by atoms with Crippen molar-refractivity contribution < 1.29 is 19.1 Å². The van der Waals surface area contributed by atoms with E-state index in [2.05, 4.69) is 0 Å². The van der Waals surface area contributed by atoms with E-state index < -0.39 is 0 Å². The predicted molar refractivity (Wildman–Crippen MR) is 122 cm³/mol. The maximum atomic E-state index is 13.7. The molecule has 1 aliphatic rings. The van der Waals surface area contributed by atoms with Crippen LogP contribution in [0, 0.1) is 20.8 Å². The lowest BCUT2D eigenvalue weighted by atomic mass is 9.99. The Hall–Kier alpha value is -2.96. The SMILES string of the molecule is COCCN(CCOC)C1=C(c2ccc(C)c(C)c2)C(=O)N(c2ccccc2C)C1=O. The summed E-state index contributed by atoms with van der Waals surface area (Å²) in [4.78, 5) is 30.6. The number of para-hydroxylation sites is 1. The zero-order chi connectivity index (χ0) is 22.5. The molecule has 1 aliphatic heterocycles. The first-order valence-corrected chi connectivity index (χ1v) is 10.4. The van der Waals surface area contributed by atoms with Gasteiger partial charge in [-0.1, -0.05) is 36.4 Å². The van der Waals surface area contributed by atoms with Crippen LogP contribution in [-0.4, -0.2) is 57.2 Å². The first-order valence-electron chi connectivity index (χ1n) is 10.4. The zero-order valence-corrected chi connectivity index (χ0v) is 18.9. The molecule has 0 saturated carbocycles. The van der Waals surface area contributed by atoms with Crippen LogP contribution in [-0.2, 0) is 19.1 Å². The number of benzene rings is 2. The molecule has 0 atom stereocenters. The number of aryl methyl sites for hydroxylation is 3. The van der Waals surface area contributed by atoms with Gasteiger partial charge in [0.1, 0.15) is 5.70 Å². The minimum absolute atomic E-state index is 0.308. The van der Waals surface area contributed by atoms with Gasteiger partial charge in [-0.05, 0) is 49.1 Å². The molecular formula is C25H30N2O4. The largest absolute Gasteiger partial charge is 0.383 e. The number of rotatable bonds is 9. The molecule has 0 aromatic heterocycles. The highest BCUT2D eigenvalue weighted by atomic mass is 16.5. The van der Waals surface area contributed by atoms with Gasteiger partial charge in [-0.2, -0.15) is 0 Å². The molecule has 6 nitrogen and oxygen atoms in total. The second-order valence-electron chi connectivity index (χ2n) is 7.73. The van der Waals surface area contributed by atoms with Gasteiger partial charge in [0.2, 0.25) is 0 Å². The van der Waals surface area contributed by atoms with Gasteiger partial charge in [-0.25, -0.2) is 4.90 Å². The van der Waals surface area contributed by atoms with Crippen molar-refractivity contribution in [3.05, 3.63) is 70.4 Å². The Bertz CT molecular complexity index is 1000. The van der Waals surface area contributed by atoms with Crippen molar-refractivity contribution in [1.29, 1.82) is 0 Å². The summed E-state index contributed by atoms with van der Waals surface area (Å²) in [7, 11) is 3.24. The molecule has 0 unspecified atom stereocenters. The lowest BCUT2D eigenvalue weighted by molar-refractivity contribution is -0.120. The molecule has 0 saturated heterocycles. The first-order chi connectivity index (χ1) is 14.9. The summed E-state index contributed by atoms with van der Waals surface area (Å²) < 4.78 is 10.5. The summed E-state index contributed by atoms with van der Waals surface area (Å²) >= 11 is 0. The molecule has 6 heteroatoms. The number of amides is 2. The van der Waals surface area contributed by atoms with E-state index in [9.17, 15) is 9.59 Å². The Kier molecular flexibility index (Phi) is 7.25. The van der Waals surface area contributed by atoms with Crippen molar-refractivity contribution in [3.63, 3.8) is 0 Å². The van der Waals surface area contributed by atoms with Crippen LogP contribution in [0.25, 0.3) is 5.57 Å². The smallest absolute Gasteiger partial charge is 0.282 e. The van der Waals surface area contributed by atoms with E-state index in [1.54, 1.807) is 20.3 Å². The fraction of sp³-hybridized carbons (Fsp3) is 0.360. The number of hydrogen-bond acceptors (Lipinski definition) is 5. The summed E-state index contributed by atoms with van der Waals surface area (Å²) in [6.07, 6.45) is 0. The van der Waals surface area contributed by atoms with Crippen LogP contribution in [0.3, 0.4) is 0 Å². The van der Waals surface area contributed by atoms with E-state index in [0.29, 0.717) is 43.3 Å². The molecule has 1 heterocycles. The molecule has 0 spiro atoms. The predicted octanol–water partition coefficient (Wildman–Crippen LogP) is 3.49. The molecule has 164 valence electrons. The van der Waals surface area contributed by atoms with Gasteiger partial charge in [-0.15, -0.1) is 0 Å². The van der Waals surface area contributed by atoms with E-state index >= 15 is 0 Å². The number of anilines is 1. The first kappa shape index (κ1) is 22.7. The summed E-state index contributed by atoms with van der Waals surface area (Å²) in [6.45, 7) is 7.75. The van der Waals surface area contributed by atoms with E-state index in [0.717, 1.165) is 22.3 Å². The molecule has 31 heavy (non-hydrogen) atoms. The highest BCUT2D eigenvalue weighted by Gasteiger charge is 2.42. The maximum Gasteiger partial charge on any atom is 0.282 e. The van der Waals surface area contributed by atoms with Crippen LogP contribution in [0.15, 0.2) is 48.2 Å². The number of carbonyl (C=O) groups is 2. The van der Waals surface area contributed by atoms with Crippen molar-refractivity contribution in [3.8, 4) is 0 Å². The van der Waals surface area contributed by atoms with Gasteiger partial charge in [0.25, 0.3) is 11.8 Å². The van der Waals surface area contributed by atoms with Crippen LogP contribution in [0.4, 0.5) is 5.69 Å². The number of nitrogens with zero attached hydrogens (tertiary/aromatic N) is 2. The maximum absolute atomic E-state index is 13.7. The van der Waals surface area contributed by atoms with Gasteiger partial charge in [0.05, 0.1) is 24.5 Å². The van der Waals surface area contributed by atoms with Gasteiger partial charge < -0.3 is 14.4 Å². The molecule has 2 amide bonds. The van der Waals surface area contributed by atoms with E-state index in [-0.39, 0.29) is 11.8 Å². The topological polar surface area (TPSA) is 59.1 Å². The highest BCUT2D eigenvalue weighted by molar-refractivity contribution is 6.45. The van der Waals surface area contributed by atoms with Crippen LogP contribution >= 0.6 is 0 Å². The van der Waals surface area contributed by atoms with Crippen molar-refractivity contribution in [2.45, 2.75) is 20.8 Å². The van der Waals surface area contributed by atoms with Crippen molar-refractivity contribution in [2.75, 3.05) is 45.4 Å². The average Bonchev–Trinajstić information content (AvgIpc) is 3.01. The van der Waals surface area contributed by atoms with Crippen molar-refractivity contribution in [2.24, 2.45) is 0 Å². The summed E-state index contributed by atoms with van der Waals surface area (Å²) in [5.74, 6) is -0.628. The lowest BCUT2D eigenvalue weighted by Crippen LogP contribution is -2.38. The Labute approximate surface area is 184 Å². The average molecular weight is 423 g/mol. The number of hydrogen-bond donors (Lipinski definition) is 0. The van der Waals surface area contributed by atoms with Crippen LogP contribution in [0.2, 0.25) is 0 Å². The third kappa shape index (κ3) is 4.55. The van der Waals surface area contributed by atoms with Crippen LogP contribution in [0.1, 0.15) is 22.3 Å². The lowest BCUT2D eigenvalue weighted by Gasteiger charge is -2.26. The van der Waals surface area contributed by atoms with Crippen molar-refractivity contribution >= 4 is 23.1 Å². The van der Waals surface area contributed by atoms with E-state index in [1.165, 1.54) is 4.90 Å². The number of carbonyl (C=O) groups excluding carboxylic acids is 2. The van der Waals surface area contributed by atoms with Crippen molar-refractivity contribution in [1.82, 2.24) is 4.90 Å². The molecule has 3 rings (SSSR count). The molecule has 0 radical (unpaired) electrons. The van der Waals surface area contributed by atoms with E-state index in [4.69, 9.17) is 9.47 Å². The molecule has 2 aromatic rings. The highest BCUT2D eigenvalue weighted by Crippen LogP contribution is 2.36. The Morgan fingerprint density at radius 1 is 0.806 bits per heavy atom. The molecule has 0 bridgehead atoms. The Morgan fingerprint density at radius 2 is 1.45 bits per heavy atom. The standard InChI is InChI=1S/C25H30N2O4/c1-17-10-11-20(16-19(17)3)22-23(26(12-14-30-4)13-15-31-5)25(29)27(24(22)28)21-9-7-6-8-18(21)2/h6-11,16H,12-15H2,1-5H3. The Balaban J connectivity index is 2.17.